The van der Waals surface area contributed by atoms with Gasteiger partial charge in [0.1, 0.15) is 11.6 Å². The van der Waals surface area contributed by atoms with Crippen molar-refractivity contribution in [2.24, 2.45) is 11.8 Å². The molecule has 2 amide bonds. The zero-order valence-electron chi connectivity index (χ0n) is 24.5. The Labute approximate surface area is 261 Å². The Morgan fingerprint density at radius 2 is 1.13 bits per heavy atom. The summed E-state index contributed by atoms with van der Waals surface area (Å²) in [5.74, 6) is -5.35. The highest BCUT2D eigenvalue weighted by Crippen LogP contribution is 2.38. The van der Waals surface area contributed by atoms with Gasteiger partial charge in [-0.05, 0) is 48.9 Å². The van der Waals surface area contributed by atoms with Crippen molar-refractivity contribution in [3.63, 3.8) is 0 Å². The summed E-state index contributed by atoms with van der Waals surface area (Å²) < 4.78 is 53.5. The van der Waals surface area contributed by atoms with Crippen LogP contribution in [0.1, 0.15) is 63.0 Å². The molecule has 4 N–H and O–H groups in total. The summed E-state index contributed by atoms with van der Waals surface area (Å²) in [7, 11) is 0. The number of alkyl halides is 4. The Kier molecular flexibility index (Phi) is 8.80. The van der Waals surface area contributed by atoms with E-state index in [0.29, 0.717) is 11.6 Å². The lowest BCUT2D eigenvalue weighted by molar-refractivity contribution is -0.130. The molecule has 0 unspecified atom stereocenters. The van der Waals surface area contributed by atoms with Gasteiger partial charge in [-0.15, -0.1) is 11.3 Å². The molecule has 3 aromatic heterocycles. The molecular formula is C32H34F4N6O2S. The van der Waals surface area contributed by atoms with E-state index in [1.165, 1.54) is 0 Å². The number of benzene rings is 1. The van der Waals surface area contributed by atoms with Gasteiger partial charge in [-0.2, -0.15) is 0 Å². The van der Waals surface area contributed by atoms with E-state index in [0.717, 1.165) is 32.3 Å². The van der Waals surface area contributed by atoms with Gasteiger partial charge < -0.3 is 20.6 Å². The van der Waals surface area contributed by atoms with Crippen molar-refractivity contribution in [2.75, 3.05) is 0 Å². The first-order valence-corrected chi connectivity index (χ1v) is 16.0. The third-order valence-corrected chi connectivity index (χ3v) is 9.81. The Bertz CT molecular complexity index is 1630. The quantitative estimate of drug-likeness (QED) is 0.146. The van der Waals surface area contributed by atoms with Crippen molar-refractivity contribution < 1.29 is 27.2 Å². The highest BCUT2D eigenvalue weighted by atomic mass is 32.1. The summed E-state index contributed by atoms with van der Waals surface area (Å²) in [4.78, 5) is 42.1. The van der Waals surface area contributed by atoms with E-state index in [2.05, 4.69) is 30.6 Å². The van der Waals surface area contributed by atoms with Crippen LogP contribution in [0.25, 0.3) is 32.3 Å². The maximum absolute atomic E-state index is 13.4. The molecule has 0 saturated heterocycles. The molecular weight excluding hydrogens is 608 g/mol. The largest absolute Gasteiger partial charge is 0.349 e. The Morgan fingerprint density at radius 3 is 1.67 bits per heavy atom. The normalized spacial score (nSPS) is 18.5. The van der Waals surface area contributed by atoms with Crippen LogP contribution in [0.5, 0.6) is 0 Å². The molecule has 6 rings (SSSR count). The van der Waals surface area contributed by atoms with Crippen LogP contribution in [0, 0.1) is 11.8 Å². The summed E-state index contributed by atoms with van der Waals surface area (Å²) in [5.41, 5.74) is 3.58. The van der Waals surface area contributed by atoms with Crippen LogP contribution < -0.4 is 10.6 Å². The predicted molar refractivity (Wildman–Crippen MR) is 162 cm³/mol. The van der Waals surface area contributed by atoms with Gasteiger partial charge in [-0.1, -0.05) is 24.3 Å². The lowest BCUT2D eigenvalue weighted by Crippen LogP contribution is -2.35. The van der Waals surface area contributed by atoms with Crippen LogP contribution in [0.15, 0.2) is 48.8 Å². The summed E-state index contributed by atoms with van der Waals surface area (Å²) in [6.45, 7) is 0.403. The number of aromatic amines is 2. The van der Waals surface area contributed by atoms with E-state index < -0.39 is 11.8 Å². The van der Waals surface area contributed by atoms with Crippen molar-refractivity contribution in [3.05, 3.63) is 60.4 Å². The number of nitrogens with one attached hydrogen (secondary N) is 4. The highest BCUT2D eigenvalue weighted by molar-refractivity contribution is 7.18. The first-order valence-electron chi connectivity index (χ1n) is 15.1. The smallest absolute Gasteiger partial charge is 0.248 e. The van der Waals surface area contributed by atoms with E-state index >= 15 is 0 Å². The second-order valence-corrected chi connectivity index (χ2v) is 13.0. The average Bonchev–Trinajstić information content (AvgIpc) is 3.80. The molecule has 0 bridgehead atoms. The zero-order chi connectivity index (χ0) is 31.6. The van der Waals surface area contributed by atoms with Crippen molar-refractivity contribution in [2.45, 2.75) is 76.3 Å². The van der Waals surface area contributed by atoms with Gasteiger partial charge in [0.15, 0.2) is 0 Å². The molecule has 238 valence electrons. The standard InChI is InChI=1S/C32H34F4N6O2S/c33-31(34)11-7-21(8-12-31)29(43)39-17-27-37-15-23(41-27)19-1-3-20(4-2-19)25-5-6-26(45-25)24-16-38-28(42-24)18-40-30(44)22-9-13-32(35,36)14-10-22/h1-6,15-16,21-22H,7-14,17-18H2,(H,37,41)(H,38,42)(H,39,43)(H,40,44). The van der Waals surface area contributed by atoms with Crippen molar-refractivity contribution in [1.82, 2.24) is 30.6 Å². The number of rotatable bonds is 9. The van der Waals surface area contributed by atoms with Crippen LogP contribution >= 0.6 is 11.3 Å². The summed E-state index contributed by atoms with van der Waals surface area (Å²) in [6.07, 6.45) is 3.19. The fourth-order valence-corrected chi connectivity index (χ4v) is 6.84. The molecule has 2 aliphatic carbocycles. The maximum atomic E-state index is 13.4. The second kappa shape index (κ2) is 12.8. The van der Waals surface area contributed by atoms with Crippen LogP contribution in [-0.4, -0.2) is 43.6 Å². The minimum absolute atomic E-state index is 0.193. The molecule has 2 saturated carbocycles. The number of carbonyl (C=O) groups excluding carboxylic acids is 2. The zero-order valence-corrected chi connectivity index (χ0v) is 25.3. The Balaban J connectivity index is 1.00. The Hall–Kier alpha value is -4.00. The lowest BCUT2D eigenvalue weighted by atomic mass is 9.86. The first-order chi connectivity index (χ1) is 21.5. The molecule has 2 fully saturated rings. The van der Waals surface area contributed by atoms with E-state index in [1.54, 1.807) is 23.7 Å². The molecule has 0 spiro atoms. The number of hydrogen-bond donors (Lipinski definition) is 4. The fraction of sp³-hybridized carbons (Fsp3) is 0.438. The number of aromatic nitrogens is 4. The average molecular weight is 643 g/mol. The number of nitrogens with zero attached hydrogens (tertiary/aromatic N) is 2. The van der Waals surface area contributed by atoms with Crippen LogP contribution in [0.2, 0.25) is 0 Å². The maximum Gasteiger partial charge on any atom is 0.248 e. The summed E-state index contributed by atoms with van der Waals surface area (Å²) in [5, 5.41) is 5.63. The van der Waals surface area contributed by atoms with Crippen LogP contribution in [-0.2, 0) is 22.7 Å². The number of imidazole rings is 2. The molecule has 45 heavy (non-hydrogen) atoms. The van der Waals surface area contributed by atoms with Crippen molar-refractivity contribution in [3.8, 4) is 32.3 Å². The SMILES string of the molecule is O=C(NCc1ncc(-c2ccc(-c3ccc(-c4cnc(CNC(=O)C5CCC(F)(F)CC5)[nH]4)s3)cc2)[nH]1)C1CCC(F)(F)CC1. The molecule has 13 heteroatoms. The van der Waals surface area contributed by atoms with E-state index in [1.807, 2.05) is 36.4 Å². The van der Waals surface area contributed by atoms with Crippen molar-refractivity contribution >= 4 is 23.2 Å². The number of thiophene rings is 1. The minimum Gasteiger partial charge on any atom is -0.349 e. The van der Waals surface area contributed by atoms with Gasteiger partial charge in [0, 0.05) is 42.4 Å². The molecule has 4 aromatic rings. The molecule has 2 aliphatic rings. The molecule has 0 atom stereocenters. The number of H-pyrrole nitrogens is 2. The molecule has 3 heterocycles. The topological polar surface area (TPSA) is 116 Å². The number of hydrogen-bond acceptors (Lipinski definition) is 5. The fourth-order valence-electron chi connectivity index (χ4n) is 5.86. The molecule has 8 nitrogen and oxygen atoms in total. The van der Waals surface area contributed by atoms with Gasteiger partial charge >= 0.3 is 0 Å². The molecule has 1 aromatic carbocycles. The van der Waals surface area contributed by atoms with Crippen LogP contribution in [0.3, 0.4) is 0 Å². The summed E-state index contributed by atoms with van der Waals surface area (Å²) in [6, 6.07) is 12.0. The van der Waals surface area contributed by atoms with E-state index in [4.69, 9.17) is 0 Å². The third kappa shape index (κ3) is 7.63. The second-order valence-electron chi connectivity index (χ2n) is 11.9. The third-order valence-electron chi connectivity index (χ3n) is 8.64. The molecule has 0 radical (unpaired) electrons. The van der Waals surface area contributed by atoms with Gasteiger partial charge in [0.25, 0.3) is 0 Å². The molecule has 0 aliphatic heterocycles. The predicted octanol–water partition coefficient (Wildman–Crippen LogP) is 7.08. The highest BCUT2D eigenvalue weighted by Gasteiger charge is 2.38. The Morgan fingerprint density at radius 1 is 0.689 bits per heavy atom. The van der Waals surface area contributed by atoms with Crippen LogP contribution in [0.4, 0.5) is 17.6 Å². The number of carbonyl (C=O) groups is 2. The van der Waals surface area contributed by atoms with E-state index in [9.17, 15) is 27.2 Å². The number of halogens is 4. The van der Waals surface area contributed by atoms with E-state index in [-0.39, 0.29) is 88.1 Å². The number of amides is 2. The first kappa shape index (κ1) is 31.0. The lowest BCUT2D eigenvalue weighted by Gasteiger charge is -2.27. The van der Waals surface area contributed by atoms with Gasteiger partial charge in [-0.25, -0.2) is 27.5 Å². The minimum atomic E-state index is -2.66. The van der Waals surface area contributed by atoms with Gasteiger partial charge in [0.05, 0.1) is 41.7 Å². The van der Waals surface area contributed by atoms with Gasteiger partial charge in [0.2, 0.25) is 23.7 Å². The monoisotopic (exact) mass is 642 g/mol. The van der Waals surface area contributed by atoms with Crippen molar-refractivity contribution in [1.29, 1.82) is 0 Å². The summed E-state index contributed by atoms with van der Waals surface area (Å²) >= 11 is 1.59. The van der Waals surface area contributed by atoms with Gasteiger partial charge in [-0.3, -0.25) is 9.59 Å².